The fourth-order valence-corrected chi connectivity index (χ4v) is 6.79. The minimum absolute atomic E-state index is 0.199. The molecule has 0 radical (unpaired) electrons. The number of aromatic nitrogens is 5. The van der Waals surface area contributed by atoms with Crippen molar-refractivity contribution in [2.75, 3.05) is 0 Å². The molecule has 0 aliphatic rings. The van der Waals surface area contributed by atoms with Gasteiger partial charge in [-0.05, 0) is 53.5 Å². The molecule has 0 atom stereocenters. The molecule has 7 aromatic rings. The number of hydrogen-bond donors (Lipinski definition) is 0. The number of rotatable bonds is 2. The van der Waals surface area contributed by atoms with Crippen molar-refractivity contribution in [2.24, 2.45) is 12.5 Å². The summed E-state index contributed by atoms with van der Waals surface area (Å²) in [6, 6.07) is 18.5. The molecule has 0 unspecified atom stereocenters. The molecule has 0 N–H and O–H groups in total. The van der Waals surface area contributed by atoms with E-state index in [4.69, 9.17) is 15.0 Å². The molecule has 7 rings (SSSR count). The Kier molecular flexibility index (Phi) is 5.99. The lowest BCUT2D eigenvalue weighted by Gasteiger charge is -2.23. The maximum absolute atomic E-state index is 5.10. The van der Waals surface area contributed by atoms with Crippen molar-refractivity contribution in [3.8, 4) is 11.4 Å². The molecular weight excluding hydrogens is 538 g/mol. The molecule has 0 bridgehead atoms. The van der Waals surface area contributed by atoms with Gasteiger partial charge in [0.05, 0.1) is 27.3 Å². The molecule has 0 fully saturated rings. The van der Waals surface area contributed by atoms with E-state index in [-0.39, 0.29) is 16.2 Å². The van der Waals surface area contributed by atoms with E-state index in [1.54, 1.807) is 0 Å². The van der Waals surface area contributed by atoms with Gasteiger partial charge in [-0.1, -0.05) is 86.6 Å². The summed E-state index contributed by atoms with van der Waals surface area (Å²) in [4.78, 5) is 15.2. The van der Waals surface area contributed by atoms with Gasteiger partial charge in [-0.2, -0.15) is 0 Å². The van der Waals surface area contributed by atoms with E-state index in [1.165, 1.54) is 60.1 Å². The molecule has 3 aromatic carbocycles. The van der Waals surface area contributed by atoms with Crippen LogP contribution in [0.1, 0.15) is 85.1 Å². The summed E-state index contributed by atoms with van der Waals surface area (Å²) in [5.74, 6) is 2.38. The van der Waals surface area contributed by atoms with Crippen LogP contribution in [0.4, 0.5) is 0 Å². The molecule has 0 aliphatic carbocycles. The minimum Gasteiger partial charge on any atom is -0.307 e. The van der Waals surface area contributed by atoms with Crippen LogP contribution < -0.4 is 4.57 Å². The predicted molar refractivity (Wildman–Crippen MR) is 184 cm³/mol. The molecule has 4 heterocycles. The molecule has 0 amide bonds. The van der Waals surface area contributed by atoms with E-state index in [0.717, 1.165) is 29.5 Å². The van der Waals surface area contributed by atoms with Crippen LogP contribution in [0, 0.1) is 12.3 Å². The standard InChI is InChI=1S/C39H44N5/c1-22-12-14-27-26-15-13-23(21-37(2,3)4)18-28(26)44-29-20-25(19-24-16-17-43(11)33(31(24)29)30(22)32(27)44)34-40-35(38(5,6)7)42-36(41-34)39(8,9)10/h12-20H,21H2,1-11H3/q+1. The Bertz CT molecular complexity index is 2230. The molecule has 44 heavy (non-hydrogen) atoms. The van der Waals surface area contributed by atoms with Crippen molar-refractivity contribution in [1.82, 2.24) is 19.4 Å². The topological polar surface area (TPSA) is 47.0 Å². The number of nitrogens with zero attached hydrogens (tertiary/aromatic N) is 5. The van der Waals surface area contributed by atoms with Crippen molar-refractivity contribution in [3.05, 3.63) is 77.5 Å². The van der Waals surface area contributed by atoms with Crippen molar-refractivity contribution < 1.29 is 4.57 Å². The highest BCUT2D eigenvalue weighted by Crippen LogP contribution is 2.42. The quantitative estimate of drug-likeness (QED) is 0.116. The van der Waals surface area contributed by atoms with Crippen LogP contribution in [-0.4, -0.2) is 19.4 Å². The van der Waals surface area contributed by atoms with Gasteiger partial charge < -0.3 is 4.40 Å². The van der Waals surface area contributed by atoms with Gasteiger partial charge in [0.2, 0.25) is 5.52 Å². The fourth-order valence-electron chi connectivity index (χ4n) is 6.79. The van der Waals surface area contributed by atoms with Crippen LogP contribution in [0.3, 0.4) is 0 Å². The first kappa shape index (κ1) is 28.6. The summed E-state index contributed by atoms with van der Waals surface area (Å²) in [5.41, 5.74) is 8.45. The highest BCUT2D eigenvalue weighted by molar-refractivity contribution is 6.26. The minimum atomic E-state index is -0.202. The third kappa shape index (κ3) is 4.43. The Morgan fingerprint density at radius 3 is 2.00 bits per heavy atom. The van der Waals surface area contributed by atoms with E-state index in [0.29, 0.717) is 0 Å². The Morgan fingerprint density at radius 2 is 1.36 bits per heavy atom. The number of hydrogen-bond acceptors (Lipinski definition) is 3. The van der Waals surface area contributed by atoms with E-state index < -0.39 is 0 Å². The van der Waals surface area contributed by atoms with Crippen LogP contribution in [0.25, 0.3) is 60.4 Å². The molecule has 4 aromatic heterocycles. The average Bonchev–Trinajstić information content (AvgIpc) is 3.25. The Hall–Kier alpha value is -4.12. The maximum Gasteiger partial charge on any atom is 0.224 e. The zero-order valence-corrected chi connectivity index (χ0v) is 28.1. The van der Waals surface area contributed by atoms with E-state index >= 15 is 0 Å². The van der Waals surface area contributed by atoms with E-state index in [2.05, 4.69) is 140 Å². The zero-order valence-electron chi connectivity index (χ0n) is 28.1. The second kappa shape index (κ2) is 9.20. The molecule has 5 heteroatoms. The van der Waals surface area contributed by atoms with Gasteiger partial charge in [0.25, 0.3) is 0 Å². The maximum atomic E-state index is 5.10. The monoisotopic (exact) mass is 582 g/mol. The molecule has 224 valence electrons. The predicted octanol–water partition coefficient (Wildman–Crippen LogP) is 9.16. The lowest BCUT2D eigenvalue weighted by atomic mass is 9.88. The zero-order chi connectivity index (χ0) is 31.5. The summed E-state index contributed by atoms with van der Waals surface area (Å²) in [6.45, 7) is 22.2. The highest BCUT2D eigenvalue weighted by Gasteiger charge is 2.28. The summed E-state index contributed by atoms with van der Waals surface area (Å²) < 4.78 is 4.81. The normalized spacial score (nSPS) is 13.4. The molecule has 0 saturated heterocycles. The summed E-state index contributed by atoms with van der Waals surface area (Å²) in [5, 5.41) is 6.35. The van der Waals surface area contributed by atoms with Gasteiger partial charge in [0.1, 0.15) is 18.7 Å². The van der Waals surface area contributed by atoms with Crippen molar-refractivity contribution >= 4 is 49.0 Å². The highest BCUT2D eigenvalue weighted by atomic mass is 15.1. The van der Waals surface area contributed by atoms with Crippen LogP contribution in [0.15, 0.2) is 54.7 Å². The van der Waals surface area contributed by atoms with Crippen molar-refractivity contribution in [2.45, 2.75) is 86.5 Å². The van der Waals surface area contributed by atoms with Gasteiger partial charge in [0, 0.05) is 33.2 Å². The lowest BCUT2D eigenvalue weighted by Crippen LogP contribution is -2.29. The van der Waals surface area contributed by atoms with Gasteiger partial charge >= 0.3 is 0 Å². The number of pyridine rings is 2. The van der Waals surface area contributed by atoms with Crippen LogP contribution in [0.5, 0.6) is 0 Å². The molecule has 0 saturated carbocycles. The SMILES string of the molecule is Cc1ccc2c3ccc(CC(C)(C)C)cc3n3c4cc(-c5nc(C(C)(C)C)nc(C(C)(C)C)n5)cc5cc[n+](C)c(c1c23)c54. The third-order valence-electron chi connectivity index (χ3n) is 8.87. The first-order valence-electron chi connectivity index (χ1n) is 15.8. The number of fused-ring (bicyclic) bond motifs is 5. The summed E-state index contributed by atoms with van der Waals surface area (Å²) in [7, 11) is 2.17. The first-order valence-corrected chi connectivity index (χ1v) is 15.8. The first-order chi connectivity index (χ1) is 20.5. The smallest absolute Gasteiger partial charge is 0.224 e. The van der Waals surface area contributed by atoms with Gasteiger partial charge in [0.15, 0.2) is 12.0 Å². The largest absolute Gasteiger partial charge is 0.307 e. The lowest BCUT2D eigenvalue weighted by molar-refractivity contribution is -0.643. The summed E-state index contributed by atoms with van der Waals surface area (Å²) >= 11 is 0. The second-order valence-electron chi connectivity index (χ2n) is 16.1. The molecule has 0 aliphatic heterocycles. The van der Waals surface area contributed by atoms with Gasteiger partial charge in [-0.15, -0.1) is 0 Å². The van der Waals surface area contributed by atoms with Gasteiger partial charge in [-0.25, -0.2) is 19.5 Å². The van der Waals surface area contributed by atoms with Crippen LogP contribution >= 0.6 is 0 Å². The Balaban J connectivity index is 1.67. The van der Waals surface area contributed by atoms with E-state index in [1.807, 2.05) is 0 Å². The Labute approximate surface area is 260 Å². The van der Waals surface area contributed by atoms with Crippen LogP contribution in [0.2, 0.25) is 0 Å². The second-order valence-corrected chi connectivity index (χ2v) is 16.1. The third-order valence-corrected chi connectivity index (χ3v) is 8.87. The number of benzene rings is 3. The molecular formula is C39H44N5+. The van der Waals surface area contributed by atoms with E-state index in [9.17, 15) is 0 Å². The van der Waals surface area contributed by atoms with Crippen molar-refractivity contribution in [3.63, 3.8) is 0 Å². The Morgan fingerprint density at radius 1 is 0.705 bits per heavy atom. The summed E-state index contributed by atoms with van der Waals surface area (Å²) in [6.07, 6.45) is 3.21. The van der Waals surface area contributed by atoms with Crippen molar-refractivity contribution in [1.29, 1.82) is 0 Å². The van der Waals surface area contributed by atoms with Gasteiger partial charge in [-0.3, -0.25) is 0 Å². The van der Waals surface area contributed by atoms with Crippen LogP contribution in [-0.2, 0) is 24.3 Å². The average molecular weight is 583 g/mol. The fraction of sp³-hybridized carbons (Fsp3) is 0.385. The molecule has 0 spiro atoms. The molecule has 5 nitrogen and oxygen atoms in total. The number of aryl methyl sites for hydroxylation is 2.